The van der Waals surface area contributed by atoms with Gasteiger partial charge in [-0.1, -0.05) is 0 Å². The molecule has 3 N–H and O–H groups in total. The van der Waals surface area contributed by atoms with Gasteiger partial charge in [-0.3, -0.25) is 4.79 Å². The Balaban J connectivity index is 0.00000121. The largest absolute Gasteiger partial charge is 0.481 e. The maximum absolute atomic E-state index is 10.3. The number of piperidine rings is 1. The summed E-state index contributed by atoms with van der Waals surface area (Å²) in [5.74, 6) is -0.922. The molecule has 1 aliphatic rings. The van der Waals surface area contributed by atoms with Gasteiger partial charge in [-0.15, -0.1) is 17.0 Å². The van der Waals surface area contributed by atoms with E-state index in [0.717, 1.165) is 0 Å². The molecule has 0 bridgehead atoms. The van der Waals surface area contributed by atoms with E-state index in [1.165, 1.54) is 0 Å². The molecule has 0 aromatic heterocycles. The molecule has 1 aliphatic heterocycles. The maximum Gasteiger partial charge on any atom is 0.306 e. The molecule has 1 fully saturated rings. The highest BCUT2D eigenvalue weighted by molar-refractivity contribution is 8.93. The molecule has 0 spiro atoms. The highest BCUT2D eigenvalue weighted by Crippen LogP contribution is 2.21. The molecule has 0 aromatic rings. The summed E-state index contributed by atoms with van der Waals surface area (Å²) in [6.07, 6.45) is 0.952. The Kier molecular flexibility index (Phi) is 4.74. The van der Waals surface area contributed by atoms with E-state index in [1.807, 2.05) is 0 Å². The zero-order valence-electron chi connectivity index (χ0n) is 6.75. The molecule has 0 aromatic carbocycles. The average Bonchev–Trinajstić information content (AvgIpc) is 1.85. The van der Waals surface area contributed by atoms with E-state index in [-0.39, 0.29) is 23.4 Å². The summed E-state index contributed by atoms with van der Waals surface area (Å²) >= 11 is 0. The minimum Gasteiger partial charge on any atom is -0.481 e. The summed E-state index contributed by atoms with van der Waals surface area (Å²) in [7, 11) is 0. The fourth-order valence-electron chi connectivity index (χ4n) is 1.35. The third-order valence-electron chi connectivity index (χ3n) is 2.01. The Bertz CT molecular complexity index is 157. The van der Waals surface area contributed by atoms with Crippen LogP contribution in [0.1, 0.15) is 19.3 Å². The van der Waals surface area contributed by atoms with E-state index in [0.29, 0.717) is 25.9 Å². The molecule has 4 nitrogen and oxygen atoms in total. The molecule has 1 rings (SSSR count). The van der Waals surface area contributed by atoms with Crippen molar-refractivity contribution in [3.8, 4) is 0 Å². The van der Waals surface area contributed by atoms with Gasteiger partial charge in [0.1, 0.15) is 0 Å². The molecule has 0 saturated carbocycles. The fraction of sp³-hybridized carbons (Fsp3) is 0.857. The van der Waals surface area contributed by atoms with Gasteiger partial charge >= 0.3 is 5.97 Å². The smallest absolute Gasteiger partial charge is 0.306 e. The molecular weight excluding hydrogens is 226 g/mol. The molecule has 1 saturated heterocycles. The fourth-order valence-corrected chi connectivity index (χ4v) is 1.35. The van der Waals surface area contributed by atoms with Crippen LogP contribution in [0.5, 0.6) is 0 Å². The second-order valence-corrected chi connectivity index (χ2v) is 3.04. The number of carboxylic acid groups (broad SMARTS) is 1. The van der Waals surface area contributed by atoms with Gasteiger partial charge in [-0.2, -0.15) is 0 Å². The Labute approximate surface area is 81.7 Å². The zero-order chi connectivity index (χ0) is 8.32. The van der Waals surface area contributed by atoms with E-state index in [9.17, 15) is 9.90 Å². The first kappa shape index (κ1) is 11.9. The quantitative estimate of drug-likeness (QED) is 0.642. The summed E-state index contributed by atoms with van der Waals surface area (Å²) in [4.78, 5) is 10.3. The first-order valence-electron chi connectivity index (χ1n) is 3.77. The van der Waals surface area contributed by atoms with E-state index in [1.54, 1.807) is 0 Å². The zero-order valence-corrected chi connectivity index (χ0v) is 8.46. The lowest BCUT2D eigenvalue weighted by molar-refractivity contribution is -0.143. The van der Waals surface area contributed by atoms with E-state index in [4.69, 9.17) is 5.11 Å². The molecule has 0 radical (unpaired) electrons. The first-order valence-corrected chi connectivity index (χ1v) is 3.77. The number of nitrogens with one attached hydrogen (secondary N) is 1. The van der Waals surface area contributed by atoms with Crippen molar-refractivity contribution in [2.24, 2.45) is 0 Å². The van der Waals surface area contributed by atoms with Gasteiger partial charge in [0, 0.05) is 0 Å². The van der Waals surface area contributed by atoms with Gasteiger partial charge in [-0.05, 0) is 25.9 Å². The van der Waals surface area contributed by atoms with Crippen molar-refractivity contribution in [2.75, 3.05) is 13.1 Å². The molecule has 0 atom stereocenters. The van der Waals surface area contributed by atoms with Crippen molar-refractivity contribution in [2.45, 2.75) is 24.9 Å². The van der Waals surface area contributed by atoms with Crippen molar-refractivity contribution >= 4 is 23.0 Å². The van der Waals surface area contributed by atoms with Gasteiger partial charge in [0.2, 0.25) is 0 Å². The Morgan fingerprint density at radius 2 is 1.92 bits per heavy atom. The van der Waals surface area contributed by atoms with Crippen LogP contribution in [-0.2, 0) is 4.79 Å². The Hall–Kier alpha value is -0.130. The molecule has 5 heteroatoms. The number of carbonyl (C=O) groups is 1. The summed E-state index contributed by atoms with van der Waals surface area (Å²) in [6, 6.07) is 0. The minimum atomic E-state index is -0.961. The number of aliphatic hydroxyl groups is 1. The second kappa shape index (κ2) is 4.79. The molecule has 1 heterocycles. The van der Waals surface area contributed by atoms with E-state index >= 15 is 0 Å². The summed E-state index contributed by atoms with van der Waals surface area (Å²) in [5, 5.41) is 21.1. The van der Waals surface area contributed by atoms with Crippen molar-refractivity contribution < 1.29 is 15.0 Å². The van der Waals surface area contributed by atoms with Crippen LogP contribution in [-0.4, -0.2) is 34.9 Å². The van der Waals surface area contributed by atoms with Crippen LogP contribution in [0.2, 0.25) is 0 Å². The average molecular weight is 240 g/mol. The number of carboxylic acids is 1. The standard InChI is InChI=1S/C7H13NO3.BrH/c9-6(10)5-7(11)1-3-8-4-2-7;/h8,11H,1-5H2,(H,9,10);1H. The van der Waals surface area contributed by atoms with E-state index in [2.05, 4.69) is 5.32 Å². The predicted molar refractivity (Wildman–Crippen MR) is 49.6 cm³/mol. The second-order valence-electron chi connectivity index (χ2n) is 3.04. The van der Waals surface area contributed by atoms with Crippen molar-refractivity contribution in [1.29, 1.82) is 0 Å². The number of halogens is 1. The molecule has 0 unspecified atom stereocenters. The lowest BCUT2D eigenvalue weighted by Crippen LogP contribution is -2.43. The van der Waals surface area contributed by atoms with Crippen molar-refractivity contribution in [3.63, 3.8) is 0 Å². The Morgan fingerprint density at radius 1 is 1.42 bits per heavy atom. The van der Waals surface area contributed by atoms with Crippen molar-refractivity contribution in [3.05, 3.63) is 0 Å². The molecular formula is C7H14BrNO3. The number of hydrogen-bond donors (Lipinski definition) is 3. The predicted octanol–water partition coefficient (Wildman–Crippen LogP) is 0.154. The van der Waals surface area contributed by atoms with Gasteiger partial charge < -0.3 is 15.5 Å². The molecule has 72 valence electrons. The van der Waals surface area contributed by atoms with Crippen LogP contribution in [0.25, 0.3) is 0 Å². The van der Waals surface area contributed by atoms with Crippen LogP contribution in [0, 0.1) is 0 Å². The van der Waals surface area contributed by atoms with Crippen LogP contribution < -0.4 is 5.32 Å². The van der Waals surface area contributed by atoms with Crippen LogP contribution in [0.3, 0.4) is 0 Å². The van der Waals surface area contributed by atoms with Crippen LogP contribution in [0.15, 0.2) is 0 Å². The maximum atomic E-state index is 10.3. The lowest BCUT2D eigenvalue weighted by Gasteiger charge is -2.30. The third-order valence-corrected chi connectivity index (χ3v) is 2.01. The summed E-state index contributed by atoms with van der Waals surface area (Å²) < 4.78 is 0. The topological polar surface area (TPSA) is 69.6 Å². The highest BCUT2D eigenvalue weighted by atomic mass is 79.9. The normalized spacial score (nSPS) is 21.1. The number of hydrogen-bond acceptors (Lipinski definition) is 3. The van der Waals surface area contributed by atoms with E-state index < -0.39 is 11.6 Å². The minimum absolute atomic E-state index is 0. The highest BCUT2D eigenvalue weighted by Gasteiger charge is 2.31. The molecule has 0 amide bonds. The summed E-state index contributed by atoms with van der Waals surface area (Å²) in [6.45, 7) is 1.42. The molecule has 0 aliphatic carbocycles. The van der Waals surface area contributed by atoms with Crippen LogP contribution in [0.4, 0.5) is 0 Å². The van der Waals surface area contributed by atoms with Gasteiger partial charge in [0.15, 0.2) is 0 Å². The third kappa shape index (κ3) is 3.51. The van der Waals surface area contributed by atoms with Gasteiger partial charge in [0.25, 0.3) is 0 Å². The first-order chi connectivity index (χ1) is 5.12. The Morgan fingerprint density at radius 3 is 2.33 bits per heavy atom. The lowest BCUT2D eigenvalue weighted by atomic mass is 9.89. The van der Waals surface area contributed by atoms with Crippen molar-refractivity contribution in [1.82, 2.24) is 5.32 Å². The SMILES string of the molecule is Br.O=C(O)CC1(O)CCNCC1. The van der Waals surface area contributed by atoms with Gasteiger partial charge in [0.05, 0.1) is 12.0 Å². The monoisotopic (exact) mass is 239 g/mol. The van der Waals surface area contributed by atoms with Gasteiger partial charge in [-0.25, -0.2) is 0 Å². The molecule has 12 heavy (non-hydrogen) atoms. The number of aliphatic carboxylic acids is 1. The van der Waals surface area contributed by atoms with Crippen LogP contribution >= 0.6 is 17.0 Å². The number of rotatable bonds is 2. The summed E-state index contributed by atoms with van der Waals surface area (Å²) in [5.41, 5.74) is -0.961.